The molecule has 6 nitrogen and oxygen atoms in total. The maximum atomic E-state index is 5.59. The molecule has 0 spiro atoms. The third kappa shape index (κ3) is 2.63. The van der Waals surface area contributed by atoms with Crippen molar-refractivity contribution in [3.63, 3.8) is 0 Å². The molecule has 0 amide bonds. The maximum Gasteiger partial charge on any atom is 0.223 e. The molecular formula is C8H8ClN5O. The number of anilines is 1. The molecule has 0 unspecified atom stereocenters. The van der Waals surface area contributed by atoms with E-state index in [0.29, 0.717) is 29.2 Å². The monoisotopic (exact) mass is 225 g/mol. The zero-order chi connectivity index (χ0) is 10.7. The molecule has 2 aromatic rings. The van der Waals surface area contributed by atoms with Gasteiger partial charge in [0.2, 0.25) is 5.89 Å². The lowest BCUT2D eigenvalue weighted by molar-refractivity contribution is 0.388. The number of rotatable bonds is 3. The molecule has 0 fully saturated rings. The molecule has 7 heteroatoms. The van der Waals surface area contributed by atoms with Gasteiger partial charge in [-0.3, -0.25) is 0 Å². The predicted octanol–water partition coefficient (Wildman–Crippen LogP) is 1.43. The van der Waals surface area contributed by atoms with Crippen molar-refractivity contribution >= 4 is 17.4 Å². The highest BCUT2D eigenvalue weighted by atomic mass is 35.5. The van der Waals surface area contributed by atoms with E-state index in [1.807, 2.05) is 0 Å². The first-order chi connectivity index (χ1) is 7.24. The Bertz CT molecular complexity index is 441. The molecule has 15 heavy (non-hydrogen) atoms. The first-order valence-corrected chi connectivity index (χ1v) is 4.62. The van der Waals surface area contributed by atoms with Crippen molar-refractivity contribution in [1.29, 1.82) is 0 Å². The van der Waals surface area contributed by atoms with Gasteiger partial charge in [0.1, 0.15) is 11.0 Å². The fraction of sp³-hybridized carbons (Fsp3) is 0.250. The molecular weight excluding hydrogens is 218 g/mol. The number of nitrogens with one attached hydrogen (secondary N) is 1. The average Bonchev–Trinajstić information content (AvgIpc) is 2.64. The van der Waals surface area contributed by atoms with Crippen LogP contribution in [0.3, 0.4) is 0 Å². The summed E-state index contributed by atoms with van der Waals surface area (Å²) in [7, 11) is 0. The summed E-state index contributed by atoms with van der Waals surface area (Å²) < 4.78 is 4.81. The second-order valence-corrected chi connectivity index (χ2v) is 3.19. The van der Waals surface area contributed by atoms with Crippen LogP contribution in [0.1, 0.15) is 11.7 Å². The molecule has 0 aliphatic rings. The Kier molecular flexibility index (Phi) is 2.77. The van der Waals surface area contributed by atoms with E-state index in [1.54, 1.807) is 6.92 Å². The Morgan fingerprint density at radius 3 is 2.87 bits per heavy atom. The number of halogens is 1. The van der Waals surface area contributed by atoms with Crippen LogP contribution in [-0.2, 0) is 6.54 Å². The lowest BCUT2D eigenvalue weighted by Crippen LogP contribution is -2.03. The van der Waals surface area contributed by atoms with Gasteiger partial charge < -0.3 is 9.84 Å². The lowest BCUT2D eigenvalue weighted by atomic mass is 10.5. The Hall–Kier alpha value is -1.69. The van der Waals surface area contributed by atoms with E-state index in [1.165, 1.54) is 12.4 Å². The Labute approximate surface area is 90.7 Å². The van der Waals surface area contributed by atoms with Gasteiger partial charge in [0.25, 0.3) is 0 Å². The van der Waals surface area contributed by atoms with E-state index < -0.39 is 0 Å². The lowest BCUT2D eigenvalue weighted by Gasteiger charge is -2.00. The van der Waals surface area contributed by atoms with Gasteiger partial charge in [-0.15, -0.1) is 0 Å². The van der Waals surface area contributed by atoms with E-state index in [-0.39, 0.29) is 0 Å². The first kappa shape index (κ1) is 9.85. The van der Waals surface area contributed by atoms with E-state index in [9.17, 15) is 0 Å². The molecule has 0 saturated carbocycles. The third-order valence-electron chi connectivity index (χ3n) is 1.62. The van der Waals surface area contributed by atoms with E-state index in [4.69, 9.17) is 16.1 Å². The SMILES string of the molecule is Cc1nc(CNc2cnc(Cl)cn2)no1. The van der Waals surface area contributed by atoms with E-state index >= 15 is 0 Å². The largest absolute Gasteiger partial charge is 0.361 e. The fourth-order valence-corrected chi connectivity index (χ4v) is 1.08. The van der Waals surface area contributed by atoms with Crippen molar-refractivity contribution in [2.45, 2.75) is 13.5 Å². The van der Waals surface area contributed by atoms with Crippen LogP contribution in [0.2, 0.25) is 5.15 Å². The molecule has 0 aliphatic heterocycles. The topological polar surface area (TPSA) is 76.7 Å². The molecule has 78 valence electrons. The molecule has 2 aromatic heterocycles. The average molecular weight is 226 g/mol. The fourth-order valence-electron chi connectivity index (χ4n) is 0.986. The second-order valence-electron chi connectivity index (χ2n) is 2.81. The van der Waals surface area contributed by atoms with Crippen LogP contribution in [0.5, 0.6) is 0 Å². The summed E-state index contributed by atoms with van der Waals surface area (Å²) in [6.45, 7) is 2.17. The number of aromatic nitrogens is 4. The highest BCUT2D eigenvalue weighted by Gasteiger charge is 2.02. The number of hydrogen-bond donors (Lipinski definition) is 1. The molecule has 0 bridgehead atoms. The number of hydrogen-bond acceptors (Lipinski definition) is 6. The highest BCUT2D eigenvalue weighted by Crippen LogP contribution is 2.06. The third-order valence-corrected chi connectivity index (χ3v) is 1.81. The van der Waals surface area contributed by atoms with Crippen LogP contribution in [0.25, 0.3) is 0 Å². The molecule has 0 saturated heterocycles. The van der Waals surface area contributed by atoms with Crippen molar-refractivity contribution < 1.29 is 4.52 Å². The van der Waals surface area contributed by atoms with Crippen molar-refractivity contribution in [3.8, 4) is 0 Å². The van der Waals surface area contributed by atoms with Crippen LogP contribution >= 0.6 is 11.6 Å². The molecule has 1 N–H and O–H groups in total. The minimum Gasteiger partial charge on any atom is -0.361 e. The van der Waals surface area contributed by atoms with Crippen LogP contribution in [0.15, 0.2) is 16.9 Å². The normalized spacial score (nSPS) is 10.3. The summed E-state index contributed by atoms with van der Waals surface area (Å²) in [6, 6.07) is 0. The zero-order valence-corrected chi connectivity index (χ0v) is 8.69. The van der Waals surface area contributed by atoms with Gasteiger partial charge in [-0.25, -0.2) is 9.97 Å². The minimum absolute atomic E-state index is 0.357. The summed E-state index contributed by atoms with van der Waals surface area (Å²) in [5.74, 6) is 1.72. The summed E-state index contributed by atoms with van der Waals surface area (Å²) in [6.07, 6.45) is 3.00. The van der Waals surface area contributed by atoms with Crippen LogP contribution in [0, 0.1) is 6.92 Å². The minimum atomic E-state index is 0.357. The molecule has 0 aliphatic carbocycles. The summed E-state index contributed by atoms with van der Waals surface area (Å²) in [5.41, 5.74) is 0. The van der Waals surface area contributed by atoms with Gasteiger partial charge in [0.05, 0.1) is 18.9 Å². The maximum absolute atomic E-state index is 5.59. The molecule has 0 atom stereocenters. The van der Waals surface area contributed by atoms with Crippen LogP contribution in [-0.4, -0.2) is 20.1 Å². The Morgan fingerprint density at radius 1 is 1.40 bits per heavy atom. The van der Waals surface area contributed by atoms with Gasteiger partial charge in [0.15, 0.2) is 5.82 Å². The highest BCUT2D eigenvalue weighted by molar-refractivity contribution is 6.29. The van der Waals surface area contributed by atoms with Crippen molar-refractivity contribution in [1.82, 2.24) is 20.1 Å². The second kappa shape index (κ2) is 4.22. The van der Waals surface area contributed by atoms with E-state index in [2.05, 4.69) is 25.4 Å². The molecule has 0 aromatic carbocycles. The number of aryl methyl sites for hydroxylation is 1. The van der Waals surface area contributed by atoms with Crippen molar-refractivity contribution in [3.05, 3.63) is 29.3 Å². The molecule has 2 rings (SSSR count). The summed E-state index contributed by atoms with van der Waals surface area (Å²) in [5, 5.41) is 7.07. The molecule has 2 heterocycles. The van der Waals surface area contributed by atoms with Crippen molar-refractivity contribution in [2.75, 3.05) is 5.32 Å². The van der Waals surface area contributed by atoms with Gasteiger partial charge in [-0.05, 0) is 0 Å². The van der Waals surface area contributed by atoms with Crippen molar-refractivity contribution in [2.24, 2.45) is 0 Å². The standard InChI is InChI=1S/C8H8ClN5O/c1-5-13-8(14-15-5)4-12-7-3-10-6(9)2-11-7/h2-3H,4H2,1H3,(H,11,12). The summed E-state index contributed by atoms with van der Waals surface area (Å²) >= 11 is 5.59. The summed E-state index contributed by atoms with van der Waals surface area (Å²) in [4.78, 5) is 11.9. The van der Waals surface area contributed by atoms with Gasteiger partial charge in [-0.2, -0.15) is 4.98 Å². The first-order valence-electron chi connectivity index (χ1n) is 4.24. The quantitative estimate of drug-likeness (QED) is 0.852. The Morgan fingerprint density at radius 2 is 2.27 bits per heavy atom. The number of nitrogens with zero attached hydrogens (tertiary/aromatic N) is 4. The van der Waals surface area contributed by atoms with E-state index in [0.717, 1.165) is 0 Å². The zero-order valence-electron chi connectivity index (χ0n) is 7.94. The van der Waals surface area contributed by atoms with Crippen LogP contribution < -0.4 is 5.32 Å². The Balaban J connectivity index is 1.96. The molecule has 0 radical (unpaired) electrons. The van der Waals surface area contributed by atoms with Crippen LogP contribution in [0.4, 0.5) is 5.82 Å². The van der Waals surface area contributed by atoms with Gasteiger partial charge >= 0.3 is 0 Å². The van der Waals surface area contributed by atoms with Gasteiger partial charge in [-0.1, -0.05) is 16.8 Å². The smallest absolute Gasteiger partial charge is 0.223 e. The predicted molar refractivity (Wildman–Crippen MR) is 53.4 cm³/mol. The van der Waals surface area contributed by atoms with Gasteiger partial charge in [0, 0.05) is 6.92 Å².